The first-order valence-electron chi connectivity index (χ1n) is 5.74. The van der Waals surface area contributed by atoms with Crippen molar-refractivity contribution < 1.29 is 4.79 Å². The molecule has 5 nitrogen and oxygen atoms in total. The zero-order valence-electron chi connectivity index (χ0n) is 11.1. The summed E-state index contributed by atoms with van der Waals surface area (Å²) in [5.41, 5.74) is 13.5. The fourth-order valence-corrected chi connectivity index (χ4v) is 2.58. The highest BCUT2D eigenvalue weighted by atomic mass is 32.1. The van der Waals surface area contributed by atoms with Crippen LogP contribution in [0.15, 0.2) is 18.2 Å². The van der Waals surface area contributed by atoms with E-state index in [1.54, 1.807) is 18.2 Å². The van der Waals surface area contributed by atoms with Crippen LogP contribution in [0, 0.1) is 6.92 Å². The van der Waals surface area contributed by atoms with E-state index in [1.807, 2.05) is 25.9 Å². The first-order chi connectivity index (χ1) is 8.90. The summed E-state index contributed by atoms with van der Waals surface area (Å²) in [6.45, 7) is 1.83. The zero-order valence-corrected chi connectivity index (χ0v) is 11.9. The monoisotopic (exact) mass is 276 g/mol. The van der Waals surface area contributed by atoms with Crippen LogP contribution in [0.5, 0.6) is 0 Å². The molecule has 0 atom stereocenters. The Kier molecular flexibility index (Phi) is 3.44. The number of nitrogens with zero attached hydrogens (tertiary/aromatic N) is 2. The van der Waals surface area contributed by atoms with E-state index in [1.165, 1.54) is 11.3 Å². The molecule has 0 radical (unpaired) electrons. The average Bonchev–Trinajstić information content (AvgIpc) is 2.74. The predicted molar refractivity (Wildman–Crippen MR) is 79.9 cm³/mol. The van der Waals surface area contributed by atoms with Crippen LogP contribution in [0.1, 0.15) is 20.9 Å². The first kappa shape index (κ1) is 13.4. The van der Waals surface area contributed by atoms with E-state index in [-0.39, 0.29) is 5.78 Å². The van der Waals surface area contributed by atoms with Gasteiger partial charge >= 0.3 is 0 Å². The van der Waals surface area contributed by atoms with Gasteiger partial charge in [0.1, 0.15) is 0 Å². The van der Waals surface area contributed by atoms with Crippen molar-refractivity contribution in [3.8, 4) is 0 Å². The Balaban J connectivity index is 2.41. The second-order valence-electron chi connectivity index (χ2n) is 4.48. The summed E-state index contributed by atoms with van der Waals surface area (Å²) in [4.78, 5) is 19.3. The molecule has 2 rings (SSSR count). The Bertz CT molecular complexity index is 634. The highest BCUT2D eigenvalue weighted by molar-refractivity contribution is 7.17. The number of aromatic nitrogens is 1. The van der Waals surface area contributed by atoms with Crippen LogP contribution in [0.3, 0.4) is 0 Å². The summed E-state index contributed by atoms with van der Waals surface area (Å²) in [5, 5.41) is 0.810. The van der Waals surface area contributed by atoms with Gasteiger partial charge in [-0.3, -0.25) is 4.79 Å². The van der Waals surface area contributed by atoms with E-state index >= 15 is 0 Å². The number of thiazole rings is 1. The third kappa shape index (κ3) is 2.53. The van der Waals surface area contributed by atoms with Crippen molar-refractivity contribution in [2.75, 3.05) is 30.5 Å². The minimum Gasteiger partial charge on any atom is -0.397 e. The highest BCUT2D eigenvalue weighted by Gasteiger charge is 2.18. The van der Waals surface area contributed by atoms with Crippen molar-refractivity contribution in [3.63, 3.8) is 0 Å². The molecule has 0 aliphatic rings. The van der Waals surface area contributed by atoms with Crippen molar-refractivity contribution in [2.45, 2.75) is 6.92 Å². The lowest BCUT2D eigenvalue weighted by molar-refractivity contribution is 0.104. The molecule has 0 fully saturated rings. The summed E-state index contributed by atoms with van der Waals surface area (Å²) >= 11 is 1.37. The van der Waals surface area contributed by atoms with Gasteiger partial charge in [-0.2, -0.15) is 0 Å². The second kappa shape index (κ2) is 4.89. The van der Waals surface area contributed by atoms with E-state index < -0.39 is 0 Å². The van der Waals surface area contributed by atoms with Crippen LogP contribution in [-0.4, -0.2) is 24.9 Å². The normalized spacial score (nSPS) is 10.5. The molecule has 0 spiro atoms. The third-order valence-electron chi connectivity index (χ3n) is 2.72. The summed E-state index contributed by atoms with van der Waals surface area (Å²) < 4.78 is 0. The molecule has 0 saturated heterocycles. The molecule has 4 N–H and O–H groups in total. The van der Waals surface area contributed by atoms with Crippen molar-refractivity contribution in [2.24, 2.45) is 0 Å². The van der Waals surface area contributed by atoms with Gasteiger partial charge in [0.2, 0.25) is 5.78 Å². The molecule has 0 unspecified atom stereocenters. The van der Waals surface area contributed by atoms with Gasteiger partial charge in [0, 0.05) is 19.7 Å². The molecule has 0 amide bonds. The summed E-state index contributed by atoms with van der Waals surface area (Å²) in [5.74, 6) is -0.0743. The SMILES string of the molecule is Cc1nc(N(C)C)sc1C(=O)c1ccc(N)c(N)c1. The van der Waals surface area contributed by atoms with Crippen LogP contribution in [-0.2, 0) is 0 Å². The molecular weight excluding hydrogens is 260 g/mol. The number of rotatable bonds is 3. The third-order valence-corrected chi connectivity index (χ3v) is 4.05. The summed E-state index contributed by atoms with van der Waals surface area (Å²) in [6, 6.07) is 4.93. The Morgan fingerprint density at radius 3 is 2.47 bits per heavy atom. The molecule has 19 heavy (non-hydrogen) atoms. The molecule has 100 valence electrons. The van der Waals surface area contributed by atoms with Crippen molar-refractivity contribution >= 4 is 33.6 Å². The molecule has 0 aliphatic heterocycles. The highest BCUT2D eigenvalue weighted by Crippen LogP contribution is 2.28. The van der Waals surface area contributed by atoms with E-state index in [9.17, 15) is 4.79 Å². The number of carbonyl (C=O) groups excluding carboxylic acids is 1. The number of anilines is 3. The minimum atomic E-state index is -0.0743. The maximum Gasteiger partial charge on any atom is 0.205 e. The Morgan fingerprint density at radius 2 is 1.95 bits per heavy atom. The largest absolute Gasteiger partial charge is 0.397 e. The van der Waals surface area contributed by atoms with Gasteiger partial charge in [-0.25, -0.2) is 4.98 Å². The average molecular weight is 276 g/mol. The fraction of sp³-hybridized carbons (Fsp3) is 0.231. The van der Waals surface area contributed by atoms with Gasteiger partial charge in [0.15, 0.2) is 5.13 Å². The van der Waals surface area contributed by atoms with E-state index in [0.29, 0.717) is 21.8 Å². The van der Waals surface area contributed by atoms with Gasteiger partial charge < -0.3 is 16.4 Å². The van der Waals surface area contributed by atoms with Gasteiger partial charge in [-0.05, 0) is 25.1 Å². The lowest BCUT2D eigenvalue weighted by Gasteiger charge is -2.05. The quantitative estimate of drug-likeness (QED) is 0.660. The second-order valence-corrected chi connectivity index (χ2v) is 5.46. The number of aryl methyl sites for hydroxylation is 1. The van der Waals surface area contributed by atoms with Crippen LogP contribution in [0.4, 0.5) is 16.5 Å². The number of hydrogen-bond acceptors (Lipinski definition) is 6. The topological polar surface area (TPSA) is 85.2 Å². The molecule has 1 aromatic heterocycles. The number of hydrogen-bond donors (Lipinski definition) is 2. The standard InChI is InChI=1S/C13H16N4OS/c1-7-12(19-13(16-7)17(2)3)11(18)8-4-5-9(14)10(15)6-8/h4-6H,14-15H2,1-3H3. The fourth-order valence-electron chi connectivity index (χ4n) is 1.63. The Morgan fingerprint density at radius 1 is 1.26 bits per heavy atom. The minimum absolute atomic E-state index is 0.0743. The number of nitrogens with two attached hydrogens (primary N) is 2. The van der Waals surface area contributed by atoms with Gasteiger partial charge in [0.05, 0.1) is 21.9 Å². The molecule has 2 aromatic rings. The molecule has 0 saturated carbocycles. The zero-order chi connectivity index (χ0) is 14.2. The molecule has 0 bridgehead atoms. The summed E-state index contributed by atoms with van der Waals surface area (Å²) in [6.07, 6.45) is 0. The molecule has 1 aromatic carbocycles. The maximum absolute atomic E-state index is 12.4. The Labute approximate surface area is 115 Å². The van der Waals surface area contributed by atoms with Crippen molar-refractivity contribution in [3.05, 3.63) is 34.3 Å². The smallest absolute Gasteiger partial charge is 0.205 e. The number of carbonyl (C=O) groups is 1. The predicted octanol–water partition coefficient (Wildman–Crippen LogP) is 1.91. The first-order valence-corrected chi connectivity index (χ1v) is 6.56. The summed E-state index contributed by atoms with van der Waals surface area (Å²) in [7, 11) is 3.79. The van der Waals surface area contributed by atoms with Crippen LogP contribution < -0.4 is 16.4 Å². The van der Waals surface area contributed by atoms with Crippen LogP contribution in [0.25, 0.3) is 0 Å². The lowest BCUT2D eigenvalue weighted by Crippen LogP contribution is -2.07. The molecular formula is C13H16N4OS. The number of ketones is 1. The van der Waals surface area contributed by atoms with Crippen LogP contribution in [0.2, 0.25) is 0 Å². The van der Waals surface area contributed by atoms with Gasteiger partial charge in [-0.15, -0.1) is 0 Å². The lowest BCUT2D eigenvalue weighted by atomic mass is 10.1. The number of benzene rings is 1. The molecule has 1 heterocycles. The van der Waals surface area contributed by atoms with Crippen molar-refractivity contribution in [1.82, 2.24) is 4.98 Å². The maximum atomic E-state index is 12.4. The van der Waals surface area contributed by atoms with Gasteiger partial charge in [-0.1, -0.05) is 11.3 Å². The molecule has 0 aliphatic carbocycles. The van der Waals surface area contributed by atoms with E-state index in [2.05, 4.69) is 4.98 Å². The van der Waals surface area contributed by atoms with Gasteiger partial charge in [0.25, 0.3) is 0 Å². The van der Waals surface area contributed by atoms with E-state index in [0.717, 1.165) is 10.8 Å². The molecule has 6 heteroatoms. The van der Waals surface area contributed by atoms with E-state index in [4.69, 9.17) is 11.5 Å². The van der Waals surface area contributed by atoms with Crippen molar-refractivity contribution in [1.29, 1.82) is 0 Å². The Hall–Kier alpha value is -2.08. The van der Waals surface area contributed by atoms with Crippen LogP contribution >= 0.6 is 11.3 Å². The number of nitrogen functional groups attached to an aromatic ring is 2.